The van der Waals surface area contributed by atoms with Crippen molar-refractivity contribution < 1.29 is 4.48 Å². The van der Waals surface area contributed by atoms with Gasteiger partial charge in [0.15, 0.2) is 0 Å². The van der Waals surface area contributed by atoms with Crippen LogP contribution in [0.5, 0.6) is 0 Å². The van der Waals surface area contributed by atoms with E-state index < -0.39 is 0 Å². The maximum Gasteiger partial charge on any atom is 0.141 e. The maximum atomic E-state index is 3.55. The van der Waals surface area contributed by atoms with E-state index in [0.29, 0.717) is 0 Å². The summed E-state index contributed by atoms with van der Waals surface area (Å²) in [4.78, 5) is 0. The van der Waals surface area contributed by atoms with Crippen LogP contribution in [0.2, 0.25) is 0 Å². The van der Waals surface area contributed by atoms with E-state index in [0.717, 1.165) is 24.1 Å². The van der Waals surface area contributed by atoms with E-state index in [-0.39, 0.29) is 0 Å². The molecular weight excluding hydrogens is 134 g/mol. The summed E-state index contributed by atoms with van der Waals surface area (Å²) in [5.41, 5.74) is 0. The third kappa shape index (κ3) is 3.85. The molecule has 0 N–H and O–H groups in total. The fraction of sp³-hybridized carbons (Fsp3) is 0.600. The van der Waals surface area contributed by atoms with E-state index in [1.807, 2.05) is 0 Å². The summed E-state index contributed by atoms with van der Waals surface area (Å²) in [5.74, 6) is 5.95. The topological polar surface area (TPSA) is 0 Å². The van der Waals surface area contributed by atoms with E-state index in [2.05, 4.69) is 39.3 Å². The number of allylic oxidation sites excluding steroid dienone is 1. The minimum absolute atomic E-state index is 0.930. The van der Waals surface area contributed by atoms with Gasteiger partial charge in [-0.25, -0.2) is 0 Å². The van der Waals surface area contributed by atoms with Crippen LogP contribution in [0.1, 0.15) is 13.8 Å². The molecule has 0 bridgehead atoms. The molecule has 0 unspecified atom stereocenters. The SMILES string of the molecule is C=CC#CC[N+](C)(CC)CC. The van der Waals surface area contributed by atoms with Crippen molar-refractivity contribution in [2.45, 2.75) is 13.8 Å². The highest BCUT2D eigenvalue weighted by Crippen LogP contribution is 1.98. The zero-order chi connectivity index (χ0) is 8.74. The Kier molecular flexibility index (Phi) is 4.65. The van der Waals surface area contributed by atoms with Gasteiger partial charge in [-0.3, -0.25) is 0 Å². The van der Waals surface area contributed by atoms with Gasteiger partial charge < -0.3 is 4.48 Å². The monoisotopic (exact) mass is 152 g/mol. The fourth-order valence-corrected chi connectivity index (χ4v) is 0.756. The summed E-state index contributed by atoms with van der Waals surface area (Å²) in [6.07, 6.45) is 1.65. The Balaban J connectivity index is 3.97. The molecule has 0 spiro atoms. The van der Waals surface area contributed by atoms with Crippen molar-refractivity contribution in [1.29, 1.82) is 0 Å². The molecule has 0 atom stereocenters. The van der Waals surface area contributed by atoms with Crippen molar-refractivity contribution >= 4 is 0 Å². The van der Waals surface area contributed by atoms with Crippen LogP contribution < -0.4 is 0 Å². The van der Waals surface area contributed by atoms with Crippen molar-refractivity contribution in [1.82, 2.24) is 0 Å². The molecule has 0 radical (unpaired) electrons. The van der Waals surface area contributed by atoms with Gasteiger partial charge in [0.05, 0.1) is 20.1 Å². The van der Waals surface area contributed by atoms with Gasteiger partial charge in [-0.2, -0.15) is 0 Å². The molecule has 0 fully saturated rings. The zero-order valence-electron chi connectivity index (χ0n) is 7.85. The number of quaternary nitrogens is 1. The molecule has 0 amide bonds. The highest BCUT2D eigenvalue weighted by molar-refractivity contribution is 5.12. The lowest BCUT2D eigenvalue weighted by Gasteiger charge is -2.29. The third-order valence-electron chi connectivity index (χ3n) is 2.19. The summed E-state index contributed by atoms with van der Waals surface area (Å²) in [6.45, 7) is 11.2. The van der Waals surface area contributed by atoms with Crippen molar-refractivity contribution in [2.75, 3.05) is 26.7 Å². The molecule has 0 aliphatic carbocycles. The van der Waals surface area contributed by atoms with E-state index in [4.69, 9.17) is 0 Å². The molecule has 0 aromatic heterocycles. The van der Waals surface area contributed by atoms with Gasteiger partial charge in [0.1, 0.15) is 6.54 Å². The Bertz CT molecular complexity index is 167. The highest BCUT2D eigenvalue weighted by atomic mass is 15.3. The van der Waals surface area contributed by atoms with Crippen LogP contribution in [0.15, 0.2) is 12.7 Å². The molecule has 0 saturated carbocycles. The van der Waals surface area contributed by atoms with Crippen LogP contribution in [0, 0.1) is 11.8 Å². The first-order valence-electron chi connectivity index (χ1n) is 4.11. The first-order valence-corrected chi connectivity index (χ1v) is 4.11. The quantitative estimate of drug-likeness (QED) is 0.426. The Morgan fingerprint density at radius 2 is 1.91 bits per heavy atom. The summed E-state index contributed by atoms with van der Waals surface area (Å²) in [5, 5.41) is 0. The first-order chi connectivity index (χ1) is 5.18. The van der Waals surface area contributed by atoms with Crippen molar-refractivity contribution in [2.24, 2.45) is 0 Å². The van der Waals surface area contributed by atoms with Crippen molar-refractivity contribution in [3.8, 4) is 11.8 Å². The number of hydrogen-bond acceptors (Lipinski definition) is 0. The molecule has 0 aromatic rings. The molecule has 0 aliphatic heterocycles. The number of rotatable bonds is 3. The summed E-state index contributed by atoms with van der Waals surface area (Å²) < 4.78 is 1.03. The molecule has 0 saturated heterocycles. The minimum Gasteiger partial charge on any atom is -0.316 e. The Morgan fingerprint density at radius 1 is 1.36 bits per heavy atom. The standard InChI is InChI=1S/C10H18N/c1-5-8-9-10-11(4,6-2)7-3/h5H,1,6-7,10H2,2-4H3/q+1. The van der Waals surface area contributed by atoms with E-state index in [1.54, 1.807) is 6.08 Å². The molecule has 62 valence electrons. The van der Waals surface area contributed by atoms with E-state index >= 15 is 0 Å². The van der Waals surface area contributed by atoms with Gasteiger partial charge in [0.25, 0.3) is 0 Å². The molecular formula is C10H18N+. The number of nitrogens with zero attached hydrogens (tertiary/aromatic N) is 1. The predicted molar refractivity (Wildman–Crippen MR) is 50.1 cm³/mol. The normalized spacial score (nSPS) is 10.1. The molecule has 0 aliphatic rings. The predicted octanol–water partition coefficient (Wildman–Crippen LogP) is 1.66. The highest BCUT2D eigenvalue weighted by Gasteiger charge is 2.12. The van der Waals surface area contributed by atoms with Crippen LogP contribution in [0.25, 0.3) is 0 Å². The molecule has 1 heteroatoms. The molecule has 0 aromatic carbocycles. The molecule has 1 nitrogen and oxygen atoms in total. The zero-order valence-corrected chi connectivity index (χ0v) is 7.85. The van der Waals surface area contributed by atoms with Crippen molar-refractivity contribution in [3.63, 3.8) is 0 Å². The second-order valence-corrected chi connectivity index (χ2v) is 2.94. The van der Waals surface area contributed by atoms with Crippen LogP contribution in [0.4, 0.5) is 0 Å². The fourth-order valence-electron chi connectivity index (χ4n) is 0.756. The lowest BCUT2D eigenvalue weighted by Crippen LogP contribution is -2.43. The Labute approximate surface area is 70.3 Å². The van der Waals surface area contributed by atoms with E-state index in [9.17, 15) is 0 Å². The van der Waals surface area contributed by atoms with Gasteiger partial charge in [-0.05, 0) is 25.8 Å². The van der Waals surface area contributed by atoms with Gasteiger partial charge in [0, 0.05) is 0 Å². The molecule has 0 heterocycles. The smallest absolute Gasteiger partial charge is 0.141 e. The maximum absolute atomic E-state index is 3.55. The second kappa shape index (κ2) is 4.98. The van der Waals surface area contributed by atoms with Gasteiger partial charge >= 0.3 is 0 Å². The van der Waals surface area contributed by atoms with Crippen LogP contribution >= 0.6 is 0 Å². The van der Waals surface area contributed by atoms with Gasteiger partial charge in [-0.15, -0.1) is 0 Å². The average molecular weight is 152 g/mol. The van der Waals surface area contributed by atoms with Crippen LogP contribution in [0.3, 0.4) is 0 Å². The number of hydrogen-bond donors (Lipinski definition) is 0. The lowest BCUT2D eigenvalue weighted by molar-refractivity contribution is -0.899. The largest absolute Gasteiger partial charge is 0.316 e. The third-order valence-corrected chi connectivity index (χ3v) is 2.19. The van der Waals surface area contributed by atoms with E-state index in [1.165, 1.54) is 0 Å². The van der Waals surface area contributed by atoms with Crippen LogP contribution in [-0.4, -0.2) is 31.2 Å². The van der Waals surface area contributed by atoms with Gasteiger partial charge in [0.2, 0.25) is 0 Å². The van der Waals surface area contributed by atoms with Crippen LogP contribution in [-0.2, 0) is 0 Å². The summed E-state index contributed by atoms with van der Waals surface area (Å²) in [6, 6.07) is 0. The Morgan fingerprint density at radius 3 is 2.27 bits per heavy atom. The minimum atomic E-state index is 0.930. The summed E-state index contributed by atoms with van der Waals surface area (Å²) >= 11 is 0. The van der Waals surface area contributed by atoms with Crippen molar-refractivity contribution in [3.05, 3.63) is 12.7 Å². The Hall–Kier alpha value is -0.740. The van der Waals surface area contributed by atoms with Gasteiger partial charge in [-0.1, -0.05) is 12.5 Å². The second-order valence-electron chi connectivity index (χ2n) is 2.94. The summed E-state index contributed by atoms with van der Waals surface area (Å²) in [7, 11) is 2.22. The lowest BCUT2D eigenvalue weighted by atomic mass is 10.4. The average Bonchev–Trinajstić information content (AvgIpc) is 2.05. The molecule has 0 rings (SSSR count). The molecule has 11 heavy (non-hydrogen) atoms. The first kappa shape index (κ1) is 10.3.